The zero-order valence-electron chi connectivity index (χ0n) is 18.1. The van der Waals surface area contributed by atoms with Crippen molar-refractivity contribution in [3.63, 3.8) is 0 Å². The second kappa shape index (κ2) is 7.97. The quantitative estimate of drug-likeness (QED) is 0.677. The molecule has 2 aliphatic heterocycles. The number of halogens is 1. The molecule has 4 atom stereocenters. The molecule has 0 saturated carbocycles. The molecular formula is C25H34FNOSi. The zero-order chi connectivity index (χ0) is 20.6. The number of nitrogens with zero attached hydrogens (tertiary/aromatic N) is 1. The molecule has 4 unspecified atom stereocenters. The van der Waals surface area contributed by atoms with Crippen LogP contribution in [0, 0.1) is 5.92 Å². The highest BCUT2D eigenvalue weighted by molar-refractivity contribution is 6.99. The summed E-state index contributed by atoms with van der Waals surface area (Å²) in [6, 6.07) is 22.2. The normalized spacial score (nSPS) is 27.9. The summed E-state index contributed by atoms with van der Waals surface area (Å²) >= 11 is 0. The van der Waals surface area contributed by atoms with E-state index in [9.17, 15) is 0 Å². The lowest BCUT2D eigenvalue weighted by Gasteiger charge is -2.44. The van der Waals surface area contributed by atoms with E-state index in [4.69, 9.17) is 4.43 Å². The van der Waals surface area contributed by atoms with Crippen LogP contribution in [0.2, 0.25) is 5.04 Å². The van der Waals surface area contributed by atoms with Crippen molar-refractivity contribution in [1.82, 2.24) is 4.90 Å². The van der Waals surface area contributed by atoms with Crippen molar-refractivity contribution in [3.05, 3.63) is 60.7 Å². The third-order valence-corrected chi connectivity index (χ3v) is 12.1. The SMILES string of the molecule is CC1CCC2C(CO[Si](c3ccccc3)(c3ccccc3)C(C)(C)C)C(F)CN12. The van der Waals surface area contributed by atoms with E-state index in [1.165, 1.54) is 16.8 Å². The van der Waals surface area contributed by atoms with Crippen molar-refractivity contribution in [1.29, 1.82) is 0 Å². The first kappa shape index (κ1) is 20.8. The van der Waals surface area contributed by atoms with Gasteiger partial charge in [-0.25, -0.2) is 4.39 Å². The van der Waals surface area contributed by atoms with E-state index in [-0.39, 0.29) is 11.0 Å². The van der Waals surface area contributed by atoms with E-state index in [0.717, 1.165) is 6.42 Å². The minimum absolute atomic E-state index is 0.0263. The summed E-state index contributed by atoms with van der Waals surface area (Å²) in [6.07, 6.45) is 1.48. The van der Waals surface area contributed by atoms with E-state index in [2.05, 4.69) is 93.3 Å². The minimum Gasteiger partial charge on any atom is -0.407 e. The summed E-state index contributed by atoms with van der Waals surface area (Å²) in [5.41, 5.74) is 0. The molecule has 0 bridgehead atoms. The number of benzene rings is 2. The van der Waals surface area contributed by atoms with Gasteiger partial charge in [-0.05, 0) is 35.2 Å². The Morgan fingerprint density at radius 1 is 0.966 bits per heavy atom. The molecular weight excluding hydrogens is 377 g/mol. The standard InChI is InChI=1S/C25H34FNOSi/c1-19-15-16-24-22(23(26)17-27(19)24)18-28-29(25(2,3)4,20-11-7-5-8-12-20)21-13-9-6-10-14-21/h5-14,19,22-24H,15-18H2,1-4H3. The van der Waals surface area contributed by atoms with E-state index >= 15 is 4.39 Å². The molecule has 0 N–H and O–H groups in total. The second-order valence-corrected chi connectivity index (χ2v) is 14.2. The molecule has 29 heavy (non-hydrogen) atoms. The van der Waals surface area contributed by atoms with Crippen LogP contribution in [0.5, 0.6) is 0 Å². The molecule has 156 valence electrons. The third-order valence-electron chi connectivity index (χ3n) is 7.13. The van der Waals surface area contributed by atoms with Crippen LogP contribution in [0.25, 0.3) is 0 Å². The fourth-order valence-corrected chi connectivity index (χ4v) is 10.2. The van der Waals surface area contributed by atoms with Gasteiger partial charge in [0.25, 0.3) is 8.32 Å². The second-order valence-electron chi connectivity index (χ2n) is 9.84. The van der Waals surface area contributed by atoms with Crippen molar-refractivity contribution in [2.75, 3.05) is 13.2 Å². The topological polar surface area (TPSA) is 12.5 Å². The lowest BCUT2D eigenvalue weighted by atomic mass is 9.98. The molecule has 2 heterocycles. The molecule has 2 aliphatic rings. The Hall–Kier alpha value is -1.49. The van der Waals surface area contributed by atoms with Gasteiger partial charge < -0.3 is 4.43 Å². The fourth-order valence-electron chi connectivity index (χ4n) is 5.62. The molecule has 2 aromatic rings. The monoisotopic (exact) mass is 411 g/mol. The third kappa shape index (κ3) is 3.60. The number of alkyl halides is 1. The Balaban J connectivity index is 1.72. The molecule has 0 spiro atoms. The summed E-state index contributed by atoms with van der Waals surface area (Å²) < 4.78 is 22.1. The summed E-state index contributed by atoms with van der Waals surface area (Å²) in [7, 11) is -2.59. The van der Waals surface area contributed by atoms with Crippen LogP contribution in [0.1, 0.15) is 40.5 Å². The van der Waals surface area contributed by atoms with E-state index < -0.39 is 14.5 Å². The molecule has 2 aromatic carbocycles. The summed E-state index contributed by atoms with van der Waals surface area (Å²) in [4.78, 5) is 2.38. The lowest BCUT2D eigenvalue weighted by molar-refractivity contribution is 0.156. The molecule has 2 fully saturated rings. The number of fused-ring (bicyclic) bond motifs is 1. The summed E-state index contributed by atoms with van der Waals surface area (Å²) in [6.45, 7) is 10.2. The largest absolute Gasteiger partial charge is 0.407 e. The average Bonchev–Trinajstić information content (AvgIpc) is 3.21. The number of hydrogen-bond acceptors (Lipinski definition) is 2. The van der Waals surface area contributed by atoms with Crippen LogP contribution in [0.15, 0.2) is 60.7 Å². The van der Waals surface area contributed by atoms with Gasteiger partial charge in [0, 0.05) is 31.2 Å². The van der Waals surface area contributed by atoms with Crippen molar-refractivity contribution in [2.24, 2.45) is 5.92 Å². The van der Waals surface area contributed by atoms with Gasteiger partial charge in [0.2, 0.25) is 0 Å². The van der Waals surface area contributed by atoms with Gasteiger partial charge in [-0.3, -0.25) is 4.90 Å². The smallest absolute Gasteiger partial charge is 0.261 e. The van der Waals surface area contributed by atoms with Gasteiger partial charge in [-0.15, -0.1) is 0 Å². The predicted molar refractivity (Wildman–Crippen MR) is 121 cm³/mol. The Morgan fingerprint density at radius 3 is 2.03 bits per heavy atom. The van der Waals surface area contributed by atoms with Crippen molar-refractivity contribution in [2.45, 2.75) is 63.8 Å². The van der Waals surface area contributed by atoms with Crippen LogP contribution >= 0.6 is 0 Å². The maximum absolute atomic E-state index is 15.1. The first-order valence-electron chi connectivity index (χ1n) is 11.0. The summed E-state index contributed by atoms with van der Waals surface area (Å²) in [5, 5.41) is 2.47. The fraction of sp³-hybridized carbons (Fsp3) is 0.520. The van der Waals surface area contributed by atoms with Gasteiger partial charge in [0.05, 0.1) is 0 Å². The Kier molecular flexibility index (Phi) is 5.71. The van der Waals surface area contributed by atoms with Gasteiger partial charge in [0.1, 0.15) is 6.17 Å². The first-order valence-corrected chi connectivity index (χ1v) is 12.9. The van der Waals surface area contributed by atoms with Crippen molar-refractivity contribution in [3.8, 4) is 0 Å². The van der Waals surface area contributed by atoms with Gasteiger partial charge in [-0.2, -0.15) is 0 Å². The van der Waals surface area contributed by atoms with E-state index in [1.807, 2.05) is 0 Å². The first-order chi connectivity index (χ1) is 13.8. The molecule has 0 amide bonds. The minimum atomic E-state index is -2.59. The molecule has 0 radical (unpaired) electrons. The summed E-state index contributed by atoms with van der Waals surface area (Å²) in [5.74, 6) is -0.0263. The van der Waals surface area contributed by atoms with Gasteiger partial charge in [-0.1, -0.05) is 81.4 Å². The number of rotatable bonds is 5. The highest BCUT2D eigenvalue weighted by Crippen LogP contribution is 2.41. The van der Waals surface area contributed by atoms with Crippen LogP contribution < -0.4 is 10.4 Å². The predicted octanol–water partition coefficient (Wildman–Crippen LogP) is 4.38. The lowest BCUT2D eigenvalue weighted by Crippen LogP contribution is -2.67. The molecule has 0 aromatic heterocycles. The van der Waals surface area contributed by atoms with Crippen LogP contribution in [0.4, 0.5) is 4.39 Å². The Morgan fingerprint density at radius 2 is 1.52 bits per heavy atom. The zero-order valence-corrected chi connectivity index (χ0v) is 19.1. The molecule has 4 rings (SSSR count). The van der Waals surface area contributed by atoms with Gasteiger partial charge in [0.15, 0.2) is 0 Å². The van der Waals surface area contributed by atoms with Crippen LogP contribution in [-0.4, -0.2) is 44.6 Å². The molecule has 4 heteroatoms. The number of hydrogen-bond donors (Lipinski definition) is 0. The highest BCUT2D eigenvalue weighted by atomic mass is 28.4. The molecule has 2 nitrogen and oxygen atoms in total. The average molecular weight is 412 g/mol. The van der Waals surface area contributed by atoms with E-state index in [0.29, 0.717) is 25.2 Å². The van der Waals surface area contributed by atoms with Crippen molar-refractivity contribution < 1.29 is 8.82 Å². The van der Waals surface area contributed by atoms with Crippen molar-refractivity contribution >= 4 is 18.7 Å². The maximum Gasteiger partial charge on any atom is 0.261 e. The molecule has 2 saturated heterocycles. The van der Waals surface area contributed by atoms with Gasteiger partial charge >= 0.3 is 0 Å². The molecule has 0 aliphatic carbocycles. The van der Waals surface area contributed by atoms with Crippen LogP contribution in [0.3, 0.4) is 0 Å². The van der Waals surface area contributed by atoms with Crippen LogP contribution in [-0.2, 0) is 4.43 Å². The van der Waals surface area contributed by atoms with E-state index in [1.54, 1.807) is 0 Å². The maximum atomic E-state index is 15.1. The highest BCUT2D eigenvalue weighted by Gasteiger charge is 2.53. The Bertz CT molecular complexity index is 767. The Labute approximate surface area is 176 Å².